The number of hydrogen-bond donors (Lipinski definition) is 1. The number of likely N-dealkylation sites (N-methyl/N-ethyl adjacent to an activating group) is 1. The van der Waals surface area contributed by atoms with E-state index in [2.05, 4.69) is 0 Å². The van der Waals surface area contributed by atoms with Crippen LogP contribution in [0.2, 0.25) is 0 Å². The second kappa shape index (κ2) is 6.39. The Morgan fingerprint density at radius 2 is 1.81 bits per heavy atom. The number of carbonyl (C=O) groups excluding carboxylic acids is 1. The number of hydrogen-bond acceptors (Lipinski definition) is 2. The second-order valence-electron chi connectivity index (χ2n) is 5.01. The molecule has 0 heterocycles. The number of nitrogens with zero attached hydrogens (tertiary/aromatic N) is 1. The number of phenols is 1. The summed E-state index contributed by atoms with van der Waals surface area (Å²) in [5, 5.41) is 9.71. The van der Waals surface area contributed by atoms with Gasteiger partial charge in [0.05, 0.1) is 12.5 Å². The average molecular weight is 287 g/mol. The van der Waals surface area contributed by atoms with Gasteiger partial charge in [-0.1, -0.05) is 36.4 Å². The first-order chi connectivity index (χ1) is 10.0. The largest absolute Gasteiger partial charge is 0.508 e. The zero-order valence-electron chi connectivity index (χ0n) is 12.1. The van der Waals surface area contributed by atoms with Gasteiger partial charge in [0.2, 0.25) is 5.91 Å². The molecule has 1 amide bonds. The van der Waals surface area contributed by atoms with Gasteiger partial charge in [-0.15, -0.1) is 0 Å². The van der Waals surface area contributed by atoms with Crippen molar-refractivity contribution in [1.29, 1.82) is 0 Å². The lowest BCUT2D eigenvalue weighted by atomic mass is 10.1. The Labute approximate surface area is 123 Å². The number of carbonyl (C=O) groups is 1. The van der Waals surface area contributed by atoms with Crippen LogP contribution in [0.1, 0.15) is 24.1 Å². The summed E-state index contributed by atoms with van der Waals surface area (Å²) in [6.07, 6.45) is 0.0853. The molecule has 0 bridgehead atoms. The summed E-state index contributed by atoms with van der Waals surface area (Å²) in [7, 11) is 1.64. The SMILES string of the molecule is CC(c1ccccc1F)N(C)C(=O)Cc1ccccc1O. The molecule has 1 atom stereocenters. The molecular weight excluding hydrogens is 269 g/mol. The van der Waals surface area contributed by atoms with Crippen molar-refractivity contribution in [3.63, 3.8) is 0 Å². The number of amides is 1. The van der Waals surface area contributed by atoms with E-state index >= 15 is 0 Å². The number of halogens is 1. The topological polar surface area (TPSA) is 40.5 Å². The minimum Gasteiger partial charge on any atom is -0.508 e. The van der Waals surface area contributed by atoms with Crippen LogP contribution in [-0.2, 0) is 11.2 Å². The predicted molar refractivity (Wildman–Crippen MR) is 79.4 cm³/mol. The molecule has 0 fully saturated rings. The highest BCUT2D eigenvalue weighted by molar-refractivity contribution is 5.79. The van der Waals surface area contributed by atoms with Gasteiger partial charge in [-0.2, -0.15) is 0 Å². The Balaban J connectivity index is 2.13. The van der Waals surface area contributed by atoms with Gasteiger partial charge in [0.15, 0.2) is 0 Å². The molecule has 2 rings (SSSR count). The maximum Gasteiger partial charge on any atom is 0.227 e. The van der Waals surface area contributed by atoms with E-state index in [1.165, 1.54) is 11.0 Å². The molecule has 3 nitrogen and oxygen atoms in total. The summed E-state index contributed by atoms with van der Waals surface area (Å²) < 4.78 is 13.8. The van der Waals surface area contributed by atoms with Gasteiger partial charge in [0, 0.05) is 18.2 Å². The lowest BCUT2D eigenvalue weighted by Gasteiger charge is -2.26. The Bertz CT molecular complexity index is 642. The minimum absolute atomic E-state index is 0.0853. The number of rotatable bonds is 4. The van der Waals surface area contributed by atoms with Crippen molar-refractivity contribution in [3.8, 4) is 5.75 Å². The molecule has 21 heavy (non-hydrogen) atoms. The molecule has 0 spiro atoms. The van der Waals surface area contributed by atoms with Gasteiger partial charge in [-0.25, -0.2) is 4.39 Å². The second-order valence-corrected chi connectivity index (χ2v) is 5.01. The standard InChI is InChI=1S/C17H18FNO2/c1-12(14-8-4-5-9-15(14)18)19(2)17(21)11-13-7-3-6-10-16(13)20/h3-10,12,20H,11H2,1-2H3. The van der Waals surface area contributed by atoms with E-state index in [9.17, 15) is 14.3 Å². The van der Waals surface area contributed by atoms with Crippen LogP contribution in [0.3, 0.4) is 0 Å². The Morgan fingerprint density at radius 1 is 1.19 bits per heavy atom. The quantitative estimate of drug-likeness (QED) is 0.937. The van der Waals surface area contributed by atoms with Crippen molar-refractivity contribution >= 4 is 5.91 Å². The van der Waals surface area contributed by atoms with E-state index in [0.29, 0.717) is 11.1 Å². The fraction of sp³-hybridized carbons (Fsp3) is 0.235. The maximum absolute atomic E-state index is 13.8. The van der Waals surface area contributed by atoms with Gasteiger partial charge in [0.1, 0.15) is 11.6 Å². The lowest BCUT2D eigenvalue weighted by Crippen LogP contribution is -2.31. The number of aromatic hydroxyl groups is 1. The zero-order valence-corrected chi connectivity index (χ0v) is 12.1. The van der Waals surface area contributed by atoms with Crippen LogP contribution in [0.4, 0.5) is 4.39 Å². The first kappa shape index (κ1) is 15.0. The van der Waals surface area contributed by atoms with Crippen molar-refractivity contribution in [3.05, 3.63) is 65.5 Å². The number of benzene rings is 2. The van der Waals surface area contributed by atoms with E-state index in [0.717, 1.165) is 0 Å². The molecule has 2 aromatic carbocycles. The zero-order chi connectivity index (χ0) is 15.4. The van der Waals surface area contributed by atoms with Crippen molar-refractivity contribution < 1.29 is 14.3 Å². The smallest absolute Gasteiger partial charge is 0.227 e. The summed E-state index contributed by atoms with van der Waals surface area (Å²) in [6, 6.07) is 12.8. The fourth-order valence-corrected chi connectivity index (χ4v) is 2.19. The molecule has 1 unspecified atom stereocenters. The van der Waals surface area contributed by atoms with Gasteiger partial charge in [-0.05, 0) is 19.1 Å². The fourth-order valence-electron chi connectivity index (χ4n) is 2.19. The summed E-state index contributed by atoms with van der Waals surface area (Å²) in [4.78, 5) is 13.8. The molecule has 0 radical (unpaired) electrons. The molecule has 0 saturated carbocycles. The molecule has 0 aliphatic rings. The summed E-state index contributed by atoms with van der Waals surface area (Å²) in [6.45, 7) is 1.78. The highest BCUT2D eigenvalue weighted by Crippen LogP contribution is 2.23. The van der Waals surface area contributed by atoms with Crippen LogP contribution in [0.25, 0.3) is 0 Å². The summed E-state index contributed by atoms with van der Waals surface area (Å²) in [5.41, 5.74) is 1.04. The van der Waals surface area contributed by atoms with Gasteiger partial charge in [-0.3, -0.25) is 4.79 Å². The molecular formula is C17H18FNO2. The maximum atomic E-state index is 13.8. The van der Waals surface area contributed by atoms with Gasteiger partial charge in [0.25, 0.3) is 0 Å². The number of phenolic OH excluding ortho intramolecular Hbond substituents is 1. The highest BCUT2D eigenvalue weighted by atomic mass is 19.1. The van der Waals surface area contributed by atoms with E-state index < -0.39 is 0 Å². The van der Waals surface area contributed by atoms with E-state index in [4.69, 9.17) is 0 Å². The van der Waals surface area contributed by atoms with Crippen molar-refractivity contribution in [2.75, 3.05) is 7.05 Å². The highest BCUT2D eigenvalue weighted by Gasteiger charge is 2.20. The monoisotopic (exact) mass is 287 g/mol. The summed E-state index contributed by atoms with van der Waals surface area (Å²) in [5.74, 6) is -0.405. The predicted octanol–water partition coefficient (Wildman–Crippen LogP) is 3.29. The molecule has 110 valence electrons. The minimum atomic E-state index is -0.371. The van der Waals surface area contributed by atoms with E-state index in [-0.39, 0.29) is 29.9 Å². The van der Waals surface area contributed by atoms with Crippen LogP contribution in [0, 0.1) is 5.82 Å². The molecule has 4 heteroatoms. The average Bonchev–Trinajstić information content (AvgIpc) is 2.48. The van der Waals surface area contributed by atoms with Gasteiger partial charge < -0.3 is 10.0 Å². The van der Waals surface area contributed by atoms with Crippen LogP contribution >= 0.6 is 0 Å². The van der Waals surface area contributed by atoms with Crippen LogP contribution in [0.5, 0.6) is 5.75 Å². The first-order valence-electron chi connectivity index (χ1n) is 6.77. The summed E-state index contributed by atoms with van der Waals surface area (Å²) >= 11 is 0. The van der Waals surface area contributed by atoms with Crippen molar-refractivity contribution in [2.45, 2.75) is 19.4 Å². The molecule has 0 aliphatic heterocycles. The van der Waals surface area contributed by atoms with Crippen LogP contribution in [-0.4, -0.2) is 23.0 Å². The molecule has 2 aromatic rings. The first-order valence-corrected chi connectivity index (χ1v) is 6.77. The lowest BCUT2D eigenvalue weighted by molar-refractivity contribution is -0.131. The van der Waals surface area contributed by atoms with Crippen molar-refractivity contribution in [2.24, 2.45) is 0 Å². The van der Waals surface area contributed by atoms with E-state index in [1.807, 2.05) is 0 Å². The molecule has 0 saturated heterocycles. The van der Waals surface area contributed by atoms with Crippen LogP contribution in [0.15, 0.2) is 48.5 Å². The van der Waals surface area contributed by atoms with Crippen LogP contribution < -0.4 is 0 Å². The molecule has 0 aromatic heterocycles. The van der Waals surface area contributed by atoms with E-state index in [1.54, 1.807) is 56.4 Å². The van der Waals surface area contributed by atoms with Gasteiger partial charge >= 0.3 is 0 Å². The Kier molecular flexibility index (Phi) is 4.58. The molecule has 1 N–H and O–H groups in total. The molecule has 0 aliphatic carbocycles. The third kappa shape index (κ3) is 3.40. The Hall–Kier alpha value is -2.36. The Morgan fingerprint density at radius 3 is 2.48 bits per heavy atom. The number of para-hydroxylation sites is 1. The third-order valence-corrected chi connectivity index (χ3v) is 3.66. The van der Waals surface area contributed by atoms with Crippen molar-refractivity contribution in [1.82, 2.24) is 4.90 Å². The third-order valence-electron chi connectivity index (χ3n) is 3.66. The normalized spacial score (nSPS) is 12.0.